The maximum atomic E-state index is 12.6. The lowest BCUT2D eigenvalue weighted by molar-refractivity contribution is -0.122. The second kappa shape index (κ2) is 10.2. The van der Waals surface area contributed by atoms with E-state index in [1.54, 1.807) is 0 Å². The van der Waals surface area contributed by atoms with Crippen molar-refractivity contribution in [2.45, 2.75) is 25.9 Å². The Kier molecular flexibility index (Phi) is 6.97. The zero-order valence-electron chi connectivity index (χ0n) is 18.1. The molecule has 1 aromatic heterocycles. The quantitative estimate of drug-likeness (QED) is 0.544. The van der Waals surface area contributed by atoms with Crippen LogP contribution in [0.1, 0.15) is 24.0 Å². The van der Waals surface area contributed by atoms with Gasteiger partial charge in [0.05, 0.1) is 18.8 Å². The third kappa shape index (κ3) is 5.82. The Bertz CT molecular complexity index is 1050. The number of benzene rings is 2. The van der Waals surface area contributed by atoms with Crippen molar-refractivity contribution in [3.05, 3.63) is 78.0 Å². The van der Waals surface area contributed by atoms with E-state index < -0.39 is 0 Å². The van der Waals surface area contributed by atoms with Crippen molar-refractivity contribution in [1.29, 1.82) is 0 Å². The minimum absolute atomic E-state index is 0.0282. The minimum Gasteiger partial charge on any atom is -0.370 e. The summed E-state index contributed by atoms with van der Waals surface area (Å²) in [7, 11) is 0. The summed E-state index contributed by atoms with van der Waals surface area (Å²) in [6.07, 6.45) is 3.30. The molecule has 1 atom stereocenters. The SMILES string of the molecule is NC(=O)CC1CCN(CC(=O)NCc2cn(Cc3ccccc3)nc2-c2ccccc2)C1. The highest BCUT2D eigenvalue weighted by molar-refractivity contribution is 5.78. The normalized spacial score (nSPS) is 16.2. The predicted molar refractivity (Wildman–Crippen MR) is 123 cm³/mol. The Morgan fingerprint density at radius 2 is 1.78 bits per heavy atom. The molecule has 2 aromatic carbocycles. The van der Waals surface area contributed by atoms with E-state index in [0.717, 1.165) is 36.3 Å². The maximum absolute atomic E-state index is 12.6. The molecule has 0 spiro atoms. The number of carbonyl (C=O) groups excluding carboxylic acids is 2. The van der Waals surface area contributed by atoms with Gasteiger partial charge < -0.3 is 11.1 Å². The number of nitrogens with one attached hydrogen (secondary N) is 1. The van der Waals surface area contributed by atoms with Crippen LogP contribution in [0.2, 0.25) is 0 Å². The standard InChI is InChI=1S/C25H29N5O2/c26-23(31)13-20-11-12-29(15-20)18-24(32)27-14-22-17-30(16-19-7-3-1-4-8-19)28-25(22)21-9-5-2-6-10-21/h1-10,17,20H,11-16,18H2,(H2,26,31)(H,27,32). The van der Waals surface area contributed by atoms with Gasteiger partial charge in [-0.05, 0) is 24.4 Å². The smallest absolute Gasteiger partial charge is 0.234 e. The van der Waals surface area contributed by atoms with E-state index in [-0.39, 0.29) is 17.7 Å². The molecule has 1 aliphatic rings. The van der Waals surface area contributed by atoms with E-state index in [1.165, 1.54) is 5.56 Å². The molecule has 166 valence electrons. The third-order valence-corrected chi connectivity index (χ3v) is 5.78. The van der Waals surface area contributed by atoms with Gasteiger partial charge in [0, 0.05) is 36.8 Å². The number of carbonyl (C=O) groups is 2. The van der Waals surface area contributed by atoms with Crippen LogP contribution in [-0.2, 0) is 22.7 Å². The van der Waals surface area contributed by atoms with E-state index in [2.05, 4.69) is 22.3 Å². The Hall–Kier alpha value is -3.45. The fraction of sp³-hybridized carbons (Fsp3) is 0.320. The molecular formula is C25H29N5O2. The van der Waals surface area contributed by atoms with Crippen LogP contribution in [0.4, 0.5) is 0 Å². The van der Waals surface area contributed by atoms with E-state index in [1.807, 2.05) is 59.4 Å². The first-order chi connectivity index (χ1) is 15.6. The van der Waals surface area contributed by atoms with Gasteiger partial charge in [0.1, 0.15) is 0 Å². The number of primary amides is 1. The molecule has 1 saturated heterocycles. The molecule has 0 saturated carbocycles. The number of rotatable bonds is 9. The maximum Gasteiger partial charge on any atom is 0.234 e. The van der Waals surface area contributed by atoms with Crippen LogP contribution in [-0.4, -0.2) is 46.1 Å². The van der Waals surface area contributed by atoms with E-state index in [4.69, 9.17) is 10.8 Å². The lowest BCUT2D eigenvalue weighted by Gasteiger charge is -2.15. The van der Waals surface area contributed by atoms with Gasteiger partial charge >= 0.3 is 0 Å². The molecule has 7 heteroatoms. The van der Waals surface area contributed by atoms with Gasteiger partial charge in [0.25, 0.3) is 0 Å². The Morgan fingerprint density at radius 3 is 2.50 bits per heavy atom. The van der Waals surface area contributed by atoms with Gasteiger partial charge in [-0.25, -0.2) is 0 Å². The number of aromatic nitrogens is 2. The Balaban J connectivity index is 1.40. The molecule has 0 radical (unpaired) electrons. The van der Waals surface area contributed by atoms with Crippen LogP contribution in [0.5, 0.6) is 0 Å². The van der Waals surface area contributed by atoms with Crippen molar-refractivity contribution < 1.29 is 9.59 Å². The topological polar surface area (TPSA) is 93.3 Å². The summed E-state index contributed by atoms with van der Waals surface area (Å²) in [6.45, 7) is 2.96. The summed E-state index contributed by atoms with van der Waals surface area (Å²) >= 11 is 0. The fourth-order valence-corrected chi connectivity index (χ4v) is 4.24. The van der Waals surface area contributed by atoms with E-state index in [0.29, 0.717) is 26.1 Å². The summed E-state index contributed by atoms with van der Waals surface area (Å²) in [5, 5.41) is 7.85. The first-order valence-corrected chi connectivity index (χ1v) is 11.0. The van der Waals surface area contributed by atoms with E-state index in [9.17, 15) is 9.59 Å². The number of amides is 2. The van der Waals surface area contributed by atoms with Gasteiger partial charge in [-0.15, -0.1) is 0 Å². The molecule has 1 unspecified atom stereocenters. The third-order valence-electron chi connectivity index (χ3n) is 5.78. The predicted octanol–water partition coefficient (Wildman–Crippen LogP) is 2.41. The molecule has 1 fully saturated rings. The average molecular weight is 432 g/mol. The number of hydrogen-bond acceptors (Lipinski definition) is 4. The van der Waals surface area contributed by atoms with Gasteiger partial charge in [-0.3, -0.25) is 19.2 Å². The molecule has 2 heterocycles. The lowest BCUT2D eigenvalue weighted by atomic mass is 10.1. The first-order valence-electron chi connectivity index (χ1n) is 11.0. The van der Waals surface area contributed by atoms with Crippen molar-refractivity contribution in [1.82, 2.24) is 20.0 Å². The zero-order chi connectivity index (χ0) is 22.3. The lowest BCUT2D eigenvalue weighted by Crippen LogP contribution is -2.36. The summed E-state index contributed by atoms with van der Waals surface area (Å²) < 4.78 is 1.92. The van der Waals surface area contributed by atoms with Crippen LogP contribution < -0.4 is 11.1 Å². The monoisotopic (exact) mass is 431 g/mol. The summed E-state index contributed by atoms with van der Waals surface area (Å²) in [6, 6.07) is 20.2. The van der Waals surface area contributed by atoms with Gasteiger partial charge in [-0.1, -0.05) is 60.7 Å². The van der Waals surface area contributed by atoms with Gasteiger partial charge in [-0.2, -0.15) is 5.10 Å². The highest BCUT2D eigenvalue weighted by Gasteiger charge is 2.25. The number of nitrogens with two attached hydrogens (primary N) is 1. The van der Waals surface area contributed by atoms with Crippen molar-refractivity contribution in [2.24, 2.45) is 11.7 Å². The van der Waals surface area contributed by atoms with Crippen molar-refractivity contribution in [3.63, 3.8) is 0 Å². The highest BCUT2D eigenvalue weighted by Crippen LogP contribution is 2.23. The molecule has 4 rings (SSSR count). The van der Waals surface area contributed by atoms with Crippen LogP contribution in [0, 0.1) is 5.92 Å². The van der Waals surface area contributed by atoms with Crippen molar-refractivity contribution in [2.75, 3.05) is 19.6 Å². The molecular weight excluding hydrogens is 402 g/mol. The molecule has 2 amide bonds. The molecule has 1 aliphatic heterocycles. The second-order valence-corrected chi connectivity index (χ2v) is 8.39. The van der Waals surface area contributed by atoms with Gasteiger partial charge in [0.2, 0.25) is 11.8 Å². The van der Waals surface area contributed by atoms with Crippen LogP contribution in [0.15, 0.2) is 66.9 Å². The Labute approximate surface area is 188 Å². The number of nitrogens with zero attached hydrogens (tertiary/aromatic N) is 3. The van der Waals surface area contributed by atoms with E-state index >= 15 is 0 Å². The molecule has 3 N–H and O–H groups in total. The van der Waals surface area contributed by atoms with Crippen molar-refractivity contribution in [3.8, 4) is 11.3 Å². The molecule has 7 nitrogen and oxygen atoms in total. The highest BCUT2D eigenvalue weighted by atomic mass is 16.2. The first kappa shape index (κ1) is 21.8. The summed E-state index contributed by atoms with van der Waals surface area (Å²) in [5.74, 6) is -0.0528. The number of likely N-dealkylation sites (tertiary alicyclic amines) is 1. The van der Waals surface area contributed by atoms with Crippen LogP contribution in [0.25, 0.3) is 11.3 Å². The summed E-state index contributed by atoms with van der Waals surface area (Å²) in [5.41, 5.74) is 9.35. The average Bonchev–Trinajstić information content (AvgIpc) is 3.39. The van der Waals surface area contributed by atoms with Crippen LogP contribution >= 0.6 is 0 Å². The second-order valence-electron chi connectivity index (χ2n) is 8.39. The minimum atomic E-state index is -0.276. The Morgan fingerprint density at radius 1 is 1.06 bits per heavy atom. The molecule has 3 aromatic rings. The fourth-order valence-electron chi connectivity index (χ4n) is 4.24. The largest absolute Gasteiger partial charge is 0.370 e. The molecule has 0 bridgehead atoms. The zero-order valence-corrected chi connectivity index (χ0v) is 18.1. The van der Waals surface area contributed by atoms with Crippen LogP contribution in [0.3, 0.4) is 0 Å². The number of hydrogen-bond donors (Lipinski definition) is 2. The van der Waals surface area contributed by atoms with Crippen molar-refractivity contribution >= 4 is 11.8 Å². The summed E-state index contributed by atoms with van der Waals surface area (Å²) in [4.78, 5) is 25.8. The molecule has 32 heavy (non-hydrogen) atoms. The molecule has 0 aliphatic carbocycles. The van der Waals surface area contributed by atoms with Gasteiger partial charge in [0.15, 0.2) is 0 Å².